The molecule has 0 radical (unpaired) electrons. The molecule has 2 atom stereocenters. The Balaban J connectivity index is 1.93. The molecule has 3 rings (SSSR count). The number of methoxy groups -OCH3 is 2. The fraction of sp³-hybridized carbons (Fsp3) is 0.211. The minimum Gasteiger partial charge on any atom is -0.497 e. The van der Waals surface area contributed by atoms with Gasteiger partial charge in [0, 0.05) is 5.57 Å². The maximum absolute atomic E-state index is 11.3. The minimum absolute atomic E-state index is 0.228. The van der Waals surface area contributed by atoms with E-state index in [0.717, 1.165) is 5.56 Å². The number of ether oxygens (including phenoxy) is 3. The maximum atomic E-state index is 11.3. The molecule has 0 amide bonds. The van der Waals surface area contributed by atoms with Gasteiger partial charge in [-0.3, -0.25) is 4.79 Å². The average molecular weight is 484 g/mol. The third kappa shape index (κ3) is 3.39. The van der Waals surface area contributed by atoms with Gasteiger partial charge >= 0.3 is 0 Å². The summed E-state index contributed by atoms with van der Waals surface area (Å²) >= 11 is 6.86. The van der Waals surface area contributed by atoms with E-state index in [1.54, 1.807) is 38.5 Å². The number of aliphatic hydroxyl groups is 1. The van der Waals surface area contributed by atoms with E-state index >= 15 is 0 Å². The fourth-order valence-electron chi connectivity index (χ4n) is 2.85. The van der Waals surface area contributed by atoms with E-state index in [9.17, 15) is 9.90 Å². The van der Waals surface area contributed by atoms with Crippen LogP contribution in [0.2, 0.25) is 0 Å². The molecule has 1 heterocycles. The van der Waals surface area contributed by atoms with E-state index in [4.69, 9.17) is 14.2 Å². The van der Waals surface area contributed by atoms with E-state index in [2.05, 4.69) is 31.9 Å². The van der Waals surface area contributed by atoms with Gasteiger partial charge in [0.05, 0.1) is 23.2 Å². The first-order valence-corrected chi connectivity index (χ1v) is 9.30. The zero-order valence-corrected chi connectivity index (χ0v) is 17.2. The summed E-state index contributed by atoms with van der Waals surface area (Å²) in [6, 6.07) is 10.8. The molecule has 1 aliphatic heterocycles. The van der Waals surface area contributed by atoms with Crippen LogP contribution in [-0.4, -0.2) is 31.7 Å². The van der Waals surface area contributed by atoms with Crippen LogP contribution in [0.1, 0.15) is 17.2 Å². The topological polar surface area (TPSA) is 65.0 Å². The van der Waals surface area contributed by atoms with E-state index in [1.165, 1.54) is 0 Å². The van der Waals surface area contributed by atoms with Crippen molar-refractivity contribution in [3.8, 4) is 11.5 Å². The molecule has 26 heavy (non-hydrogen) atoms. The van der Waals surface area contributed by atoms with Crippen molar-refractivity contribution < 1.29 is 24.1 Å². The molecular weight excluding hydrogens is 468 g/mol. The van der Waals surface area contributed by atoms with Gasteiger partial charge in [0.1, 0.15) is 17.6 Å². The summed E-state index contributed by atoms with van der Waals surface area (Å²) in [6.07, 6.45) is -0.937. The smallest absolute Gasteiger partial charge is 0.185 e. The molecule has 2 aromatic carbocycles. The summed E-state index contributed by atoms with van der Waals surface area (Å²) in [7, 11) is 3.15. The van der Waals surface area contributed by atoms with Gasteiger partial charge in [-0.2, -0.15) is 0 Å². The Labute approximate surface area is 167 Å². The quantitative estimate of drug-likeness (QED) is 0.621. The number of carbonyl (C=O) groups excluding carboxylic acids is 1. The molecule has 5 nitrogen and oxygen atoms in total. The van der Waals surface area contributed by atoms with Crippen LogP contribution in [0.25, 0.3) is 5.57 Å². The summed E-state index contributed by atoms with van der Waals surface area (Å²) in [6.45, 7) is 0. The number of benzene rings is 2. The van der Waals surface area contributed by atoms with Crippen LogP contribution in [-0.2, 0) is 9.53 Å². The summed E-state index contributed by atoms with van der Waals surface area (Å²) in [5.41, 5.74) is 2.10. The lowest BCUT2D eigenvalue weighted by Gasteiger charge is -2.35. The lowest BCUT2D eigenvalue weighted by molar-refractivity contribution is -0.111. The van der Waals surface area contributed by atoms with Gasteiger partial charge in [-0.15, -0.1) is 0 Å². The summed E-state index contributed by atoms with van der Waals surface area (Å²) < 4.78 is 17.4. The Morgan fingerprint density at radius 1 is 1.12 bits per heavy atom. The van der Waals surface area contributed by atoms with Crippen molar-refractivity contribution in [1.82, 2.24) is 0 Å². The third-order valence-corrected chi connectivity index (χ3v) is 5.34. The second-order valence-electron chi connectivity index (χ2n) is 5.63. The lowest BCUT2D eigenvalue weighted by Crippen LogP contribution is -2.33. The van der Waals surface area contributed by atoms with Crippen molar-refractivity contribution in [3.05, 3.63) is 62.2 Å². The van der Waals surface area contributed by atoms with Crippen LogP contribution in [0.15, 0.2) is 51.1 Å². The van der Waals surface area contributed by atoms with Crippen molar-refractivity contribution in [3.63, 3.8) is 0 Å². The maximum Gasteiger partial charge on any atom is 0.185 e. The number of carbonyl (C=O) groups is 1. The Kier molecular flexibility index (Phi) is 5.70. The number of halogens is 2. The van der Waals surface area contributed by atoms with Crippen molar-refractivity contribution in [2.45, 2.75) is 12.2 Å². The fourth-order valence-corrected chi connectivity index (χ4v) is 4.40. The summed E-state index contributed by atoms with van der Waals surface area (Å²) in [5.74, 6) is 1.57. The van der Waals surface area contributed by atoms with Crippen LogP contribution in [0.4, 0.5) is 0 Å². The molecule has 7 heteroatoms. The van der Waals surface area contributed by atoms with Crippen molar-refractivity contribution in [2.24, 2.45) is 0 Å². The highest BCUT2D eigenvalue weighted by molar-refractivity contribution is 9.11. The molecule has 0 bridgehead atoms. The monoisotopic (exact) mass is 482 g/mol. The Morgan fingerprint density at radius 2 is 1.73 bits per heavy atom. The first-order chi connectivity index (χ1) is 12.5. The van der Waals surface area contributed by atoms with Gasteiger partial charge in [-0.25, -0.2) is 0 Å². The number of rotatable bonds is 6. The van der Waals surface area contributed by atoms with Crippen LogP contribution in [0.5, 0.6) is 11.5 Å². The van der Waals surface area contributed by atoms with E-state index in [-0.39, 0.29) is 5.76 Å². The highest BCUT2D eigenvalue weighted by Gasteiger charge is 2.39. The standard InChI is InChI=1S/C19H16Br2O5/c1-24-12-5-3-10(4-6-12)16-15(9-22)26-19(16)17(23)11-7-13(20)18(25-2)14(21)8-11/h3-9,17,19,23H,1-2H3. The Morgan fingerprint density at radius 3 is 2.23 bits per heavy atom. The zero-order valence-electron chi connectivity index (χ0n) is 14.0. The Hall–Kier alpha value is -1.83. The van der Waals surface area contributed by atoms with Gasteiger partial charge in [0.25, 0.3) is 0 Å². The predicted octanol–water partition coefficient (Wildman–Crippen LogP) is 4.27. The van der Waals surface area contributed by atoms with Gasteiger partial charge < -0.3 is 19.3 Å². The van der Waals surface area contributed by atoms with Crippen LogP contribution >= 0.6 is 31.9 Å². The molecule has 0 aromatic heterocycles. The van der Waals surface area contributed by atoms with Gasteiger partial charge in [0.2, 0.25) is 0 Å². The van der Waals surface area contributed by atoms with Gasteiger partial charge in [-0.05, 0) is 67.3 Å². The highest BCUT2D eigenvalue weighted by atomic mass is 79.9. The number of aldehydes is 1. The normalized spacial score (nSPS) is 17.2. The van der Waals surface area contributed by atoms with Crippen LogP contribution in [0.3, 0.4) is 0 Å². The average Bonchev–Trinajstić information content (AvgIpc) is 2.61. The zero-order chi connectivity index (χ0) is 18.8. The number of aliphatic hydroxyl groups excluding tert-OH is 1. The summed E-state index contributed by atoms with van der Waals surface area (Å²) in [4.78, 5) is 11.3. The molecule has 0 fully saturated rings. The first kappa shape index (κ1) is 18.9. The lowest BCUT2D eigenvalue weighted by atomic mass is 9.88. The predicted molar refractivity (Wildman–Crippen MR) is 104 cm³/mol. The number of hydrogen-bond donors (Lipinski definition) is 1. The molecule has 136 valence electrons. The largest absolute Gasteiger partial charge is 0.497 e. The number of allylic oxidation sites excluding steroid dienone is 1. The van der Waals surface area contributed by atoms with E-state index in [1.807, 2.05) is 12.1 Å². The minimum atomic E-state index is -0.950. The van der Waals surface area contributed by atoms with Gasteiger partial charge in [0.15, 0.2) is 18.1 Å². The van der Waals surface area contributed by atoms with Crippen molar-refractivity contribution >= 4 is 43.7 Å². The second kappa shape index (κ2) is 7.82. The Bertz CT molecular complexity index is 838. The molecule has 0 saturated heterocycles. The third-order valence-electron chi connectivity index (χ3n) is 4.16. The molecule has 1 aliphatic rings. The molecule has 1 N–H and O–H groups in total. The van der Waals surface area contributed by atoms with Crippen LogP contribution in [0, 0.1) is 0 Å². The van der Waals surface area contributed by atoms with Crippen LogP contribution < -0.4 is 9.47 Å². The van der Waals surface area contributed by atoms with E-state index in [0.29, 0.717) is 37.9 Å². The van der Waals surface area contributed by atoms with Gasteiger partial charge in [-0.1, -0.05) is 12.1 Å². The molecule has 0 saturated carbocycles. The van der Waals surface area contributed by atoms with Crippen molar-refractivity contribution in [2.75, 3.05) is 14.2 Å². The number of hydrogen-bond acceptors (Lipinski definition) is 5. The van der Waals surface area contributed by atoms with Crippen molar-refractivity contribution in [1.29, 1.82) is 0 Å². The second-order valence-corrected chi connectivity index (χ2v) is 7.33. The molecule has 0 spiro atoms. The molecule has 0 aliphatic carbocycles. The highest BCUT2D eigenvalue weighted by Crippen LogP contribution is 2.44. The van der Waals surface area contributed by atoms with E-state index < -0.39 is 12.2 Å². The molecule has 2 unspecified atom stereocenters. The first-order valence-electron chi connectivity index (χ1n) is 7.71. The molecular formula is C19H16Br2O5. The SMILES string of the molecule is COc1ccc(C2=C(C=O)OC2C(O)c2cc(Br)c(OC)c(Br)c2)cc1. The molecule has 2 aromatic rings. The summed E-state index contributed by atoms with van der Waals surface area (Å²) in [5, 5.41) is 10.8.